The van der Waals surface area contributed by atoms with Gasteiger partial charge in [-0.25, -0.2) is 0 Å². The third kappa shape index (κ3) is 3.35. The molecule has 128 valence electrons. The van der Waals surface area contributed by atoms with Gasteiger partial charge in [-0.15, -0.1) is 0 Å². The fourth-order valence-electron chi connectivity index (χ4n) is 4.95. The molecule has 1 aliphatic heterocycles. The lowest BCUT2D eigenvalue weighted by molar-refractivity contribution is -0.133. The van der Waals surface area contributed by atoms with Crippen LogP contribution in [0, 0.1) is 5.41 Å². The van der Waals surface area contributed by atoms with Crippen molar-refractivity contribution < 1.29 is 9.47 Å². The number of nitrogens with zero attached hydrogens (tertiary/aromatic N) is 1. The summed E-state index contributed by atoms with van der Waals surface area (Å²) in [6.45, 7) is 7.39. The molecule has 0 aromatic heterocycles. The molecule has 3 fully saturated rings. The number of hydrogen-bond acceptors (Lipinski definition) is 4. The second-order valence-electron chi connectivity index (χ2n) is 7.45. The Morgan fingerprint density at radius 3 is 2.55 bits per heavy atom. The summed E-state index contributed by atoms with van der Waals surface area (Å²) in [6.07, 6.45) is 9.89. The van der Waals surface area contributed by atoms with Crippen molar-refractivity contribution >= 4 is 0 Å². The van der Waals surface area contributed by atoms with E-state index >= 15 is 0 Å². The van der Waals surface area contributed by atoms with Crippen molar-refractivity contribution in [1.29, 1.82) is 0 Å². The van der Waals surface area contributed by atoms with Crippen molar-refractivity contribution in [3.63, 3.8) is 0 Å². The Morgan fingerprint density at radius 1 is 1.18 bits per heavy atom. The second kappa shape index (κ2) is 7.61. The van der Waals surface area contributed by atoms with Crippen molar-refractivity contribution in [1.82, 2.24) is 10.2 Å². The predicted octanol–water partition coefficient (Wildman–Crippen LogP) is 2.42. The van der Waals surface area contributed by atoms with E-state index in [4.69, 9.17) is 9.47 Å². The Bertz CT molecular complexity index is 336. The van der Waals surface area contributed by atoms with Gasteiger partial charge in [0.2, 0.25) is 0 Å². The maximum absolute atomic E-state index is 6.03. The summed E-state index contributed by atoms with van der Waals surface area (Å²) >= 11 is 0. The Kier molecular flexibility index (Phi) is 5.77. The van der Waals surface area contributed by atoms with E-state index in [0.29, 0.717) is 23.6 Å². The lowest BCUT2D eigenvalue weighted by atomic mass is 9.60. The number of methoxy groups -OCH3 is 1. The van der Waals surface area contributed by atoms with Gasteiger partial charge in [-0.1, -0.05) is 12.8 Å². The summed E-state index contributed by atoms with van der Waals surface area (Å²) in [5.41, 5.74) is 0.475. The quantitative estimate of drug-likeness (QED) is 0.783. The van der Waals surface area contributed by atoms with Gasteiger partial charge in [0.1, 0.15) is 0 Å². The minimum atomic E-state index is 0.475. The summed E-state index contributed by atoms with van der Waals surface area (Å²) < 4.78 is 11.2. The van der Waals surface area contributed by atoms with E-state index in [1.54, 1.807) is 7.11 Å². The van der Waals surface area contributed by atoms with Gasteiger partial charge in [0.25, 0.3) is 0 Å². The largest absolute Gasteiger partial charge is 0.383 e. The highest BCUT2D eigenvalue weighted by Gasteiger charge is 2.56. The molecule has 0 bridgehead atoms. The molecule has 0 aromatic carbocycles. The summed E-state index contributed by atoms with van der Waals surface area (Å²) in [7, 11) is 1.79. The first-order chi connectivity index (χ1) is 10.8. The Hall–Kier alpha value is -0.160. The molecule has 0 amide bonds. The molecule has 1 spiro atoms. The molecule has 2 aliphatic carbocycles. The van der Waals surface area contributed by atoms with E-state index in [9.17, 15) is 0 Å². The highest BCUT2D eigenvalue weighted by atomic mass is 16.5. The normalized spacial score (nSPS) is 32.5. The van der Waals surface area contributed by atoms with Crippen LogP contribution in [0.1, 0.15) is 51.9 Å². The van der Waals surface area contributed by atoms with Crippen LogP contribution in [0.4, 0.5) is 0 Å². The van der Waals surface area contributed by atoms with Crippen LogP contribution in [0.15, 0.2) is 0 Å². The van der Waals surface area contributed by atoms with Crippen molar-refractivity contribution in [2.75, 3.05) is 40.0 Å². The molecule has 0 aromatic rings. The maximum atomic E-state index is 6.03. The molecular weight excluding hydrogens is 276 g/mol. The van der Waals surface area contributed by atoms with Crippen LogP contribution in [-0.2, 0) is 9.47 Å². The van der Waals surface area contributed by atoms with E-state index < -0.39 is 0 Å². The van der Waals surface area contributed by atoms with Crippen LogP contribution in [0.3, 0.4) is 0 Å². The zero-order chi connectivity index (χ0) is 15.4. The highest BCUT2D eigenvalue weighted by molar-refractivity contribution is 5.10. The average molecular weight is 310 g/mol. The minimum absolute atomic E-state index is 0.475. The van der Waals surface area contributed by atoms with Crippen LogP contribution in [-0.4, -0.2) is 63.0 Å². The van der Waals surface area contributed by atoms with E-state index in [-0.39, 0.29) is 0 Å². The molecule has 1 heterocycles. The molecule has 2 saturated carbocycles. The zero-order valence-corrected chi connectivity index (χ0v) is 14.5. The Labute approximate surface area is 135 Å². The van der Waals surface area contributed by atoms with E-state index in [1.807, 2.05) is 0 Å². The van der Waals surface area contributed by atoms with E-state index in [0.717, 1.165) is 19.8 Å². The number of rotatable bonds is 7. The molecule has 4 nitrogen and oxygen atoms in total. The van der Waals surface area contributed by atoms with Gasteiger partial charge in [-0.2, -0.15) is 0 Å². The predicted molar refractivity (Wildman–Crippen MR) is 89.2 cm³/mol. The van der Waals surface area contributed by atoms with Gasteiger partial charge in [-0.3, -0.25) is 0 Å². The van der Waals surface area contributed by atoms with Crippen molar-refractivity contribution in [3.8, 4) is 0 Å². The zero-order valence-electron chi connectivity index (χ0n) is 14.5. The average Bonchev–Trinajstić information content (AvgIpc) is 3.06. The Balaban J connectivity index is 1.46. The first kappa shape index (κ1) is 16.7. The molecule has 2 atom stereocenters. The number of piperidine rings is 1. The van der Waals surface area contributed by atoms with Gasteiger partial charge in [0.15, 0.2) is 0 Å². The van der Waals surface area contributed by atoms with Gasteiger partial charge in [0, 0.05) is 37.8 Å². The molecule has 4 heteroatoms. The number of nitrogens with one attached hydrogen (secondary N) is 1. The second-order valence-corrected chi connectivity index (χ2v) is 7.45. The first-order valence-corrected chi connectivity index (χ1v) is 9.37. The molecular formula is C18H34N2O2. The summed E-state index contributed by atoms with van der Waals surface area (Å²) in [5, 5.41) is 4.02. The molecule has 1 saturated heterocycles. The SMILES string of the molecule is CCO[C@@H]1C[C@@H](NC2CCN(CCOC)CC2)C12CCCC2. The molecule has 1 N–H and O–H groups in total. The van der Waals surface area contributed by atoms with Crippen molar-refractivity contribution in [2.45, 2.75) is 70.1 Å². The third-order valence-corrected chi connectivity index (χ3v) is 6.32. The van der Waals surface area contributed by atoms with E-state index in [1.165, 1.54) is 58.0 Å². The van der Waals surface area contributed by atoms with Gasteiger partial charge >= 0.3 is 0 Å². The van der Waals surface area contributed by atoms with Crippen molar-refractivity contribution in [2.24, 2.45) is 5.41 Å². The molecule has 0 radical (unpaired) electrons. The standard InChI is InChI=1S/C18H34N2O2/c1-3-22-17-14-16(18(17)8-4-5-9-18)19-15-6-10-20(11-7-15)12-13-21-2/h15-17,19H,3-14H2,1-2H3/t16-,17-/m1/s1. The number of ether oxygens (including phenoxy) is 2. The lowest BCUT2D eigenvalue weighted by Gasteiger charge is -2.55. The van der Waals surface area contributed by atoms with Gasteiger partial charge in [0.05, 0.1) is 12.7 Å². The number of hydrogen-bond donors (Lipinski definition) is 1. The van der Waals surface area contributed by atoms with Crippen LogP contribution in [0.2, 0.25) is 0 Å². The van der Waals surface area contributed by atoms with Gasteiger partial charge in [-0.05, 0) is 52.1 Å². The summed E-state index contributed by atoms with van der Waals surface area (Å²) in [4.78, 5) is 2.54. The van der Waals surface area contributed by atoms with Gasteiger partial charge < -0.3 is 19.7 Å². The lowest BCUT2D eigenvalue weighted by Crippen LogP contribution is -2.65. The molecule has 3 aliphatic rings. The topological polar surface area (TPSA) is 33.7 Å². The summed E-state index contributed by atoms with van der Waals surface area (Å²) in [5.74, 6) is 0. The summed E-state index contributed by atoms with van der Waals surface area (Å²) in [6, 6.07) is 1.42. The van der Waals surface area contributed by atoms with E-state index in [2.05, 4.69) is 17.1 Å². The monoisotopic (exact) mass is 310 g/mol. The third-order valence-electron chi connectivity index (χ3n) is 6.32. The maximum Gasteiger partial charge on any atom is 0.0661 e. The fourth-order valence-corrected chi connectivity index (χ4v) is 4.95. The van der Waals surface area contributed by atoms with Crippen molar-refractivity contribution in [3.05, 3.63) is 0 Å². The highest BCUT2D eigenvalue weighted by Crippen LogP contribution is 2.55. The smallest absolute Gasteiger partial charge is 0.0661 e. The Morgan fingerprint density at radius 2 is 1.91 bits per heavy atom. The van der Waals surface area contributed by atoms with Crippen LogP contribution in [0.25, 0.3) is 0 Å². The van der Waals surface area contributed by atoms with Crippen LogP contribution < -0.4 is 5.32 Å². The minimum Gasteiger partial charge on any atom is -0.383 e. The molecule has 22 heavy (non-hydrogen) atoms. The number of likely N-dealkylation sites (tertiary alicyclic amines) is 1. The van der Waals surface area contributed by atoms with Crippen LogP contribution >= 0.6 is 0 Å². The molecule has 0 unspecified atom stereocenters. The first-order valence-electron chi connectivity index (χ1n) is 9.37. The van der Waals surface area contributed by atoms with Crippen LogP contribution in [0.5, 0.6) is 0 Å². The molecule has 3 rings (SSSR count). The fraction of sp³-hybridized carbons (Fsp3) is 1.00.